The topological polar surface area (TPSA) is 57.6 Å². The molecule has 1 N–H and O–H groups in total. The van der Waals surface area contributed by atoms with E-state index in [1.807, 2.05) is 0 Å². The van der Waals surface area contributed by atoms with Crippen molar-refractivity contribution in [2.45, 2.75) is 12.8 Å². The lowest BCUT2D eigenvalue weighted by Crippen LogP contribution is -2.32. The van der Waals surface area contributed by atoms with Gasteiger partial charge in [0.05, 0.1) is 0 Å². The highest BCUT2D eigenvalue weighted by molar-refractivity contribution is 7.97. The predicted octanol–water partition coefficient (Wildman–Crippen LogP) is 0.342. The molecule has 1 fully saturated rings. The lowest BCUT2D eigenvalue weighted by atomic mass is 10.3. The molecule has 0 radical (unpaired) electrons. The summed E-state index contributed by atoms with van der Waals surface area (Å²) in [5, 5.41) is 8.38. The number of carboxylic acid groups (broad SMARTS) is 1. The first-order valence-electron chi connectivity index (χ1n) is 3.35. The molecule has 1 saturated heterocycles. The molecule has 0 saturated carbocycles. The van der Waals surface area contributed by atoms with E-state index in [9.17, 15) is 9.59 Å². The predicted molar refractivity (Wildman–Crippen MR) is 41.0 cm³/mol. The number of rotatable bonds is 2. The van der Waals surface area contributed by atoms with E-state index in [2.05, 4.69) is 0 Å². The van der Waals surface area contributed by atoms with Crippen LogP contribution in [0.5, 0.6) is 0 Å². The van der Waals surface area contributed by atoms with E-state index in [0.29, 0.717) is 6.42 Å². The molecule has 11 heavy (non-hydrogen) atoms. The Morgan fingerprint density at radius 1 is 1.73 bits per heavy atom. The van der Waals surface area contributed by atoms with Crippen molar-refractivity contribution in [3.05, 3.63) is 0 Å². The van der Waals surface area contributed by atoms with E-state index < -0.39 is 5.97 Å². The Balaban J connectivity index is 2.42. The third-order valence-electron chi connectivity index (χ3n) is 1.34. The van der Waals surface area contributed by atoms with Gasteiger partial charge in [-0.05, 0) is 18.4 Å². The number of carbonyl (C=O) groups excluding carboxylic acids is 1. The van der Waals surface area contributed by atoms with Gasteiger partial charge < -0.3 is 5.11 Å². The van der Waals surface area contributed by atoms with Crippen molar-refractivity contribution in [2.24, 2.45) is 0 Å². The maximum absolute atomic E-state index is 11.0. The molecule has 62 valence electrons. The summed E-state index contributed by atoms with van der Waals surface area (Å²) in [6.07, 6.45) is 1.35. The highest BCUT2D eigenvalue weighted by atomic mass is 32.2. The third kappa shape index (κ3) is 2.42. The minimum Gasteiger partial charge on any atom is -0.480 e. The van der Waals surface area contributed by atoms with Gasteiger partial charge >= 0.3 is 5.97 Å². The first-order chi connectivity index (χ1) is 5.20. The second kappa shape index (κ2) is 3.61. The normalized spacial score (nSPS) is 18.5. The average Bonchev–Trinajstić information content (AvgIpc) is 1.93. The number of carboxylic acids is 1. The Morgan fingerprint density at radius 3 is 3.00 bits per heavy atom. The Hall–Kier alpha value is -0.710. The quantitative estimate of drug-likeness (QED) is 0.615. The minimum absolute atomic E-state index is 0.0661. The molecule has 1 rings (SSSR count). The summed E-state index contributed by atoms with van der Waals surface area (Å²) >= 11 is 1.30. The van der Waals surface area contributed by atoms with Crippen LogP contribution in [-0.2, 0) is 9.59 Å². The highest BCUT2D eigenvalue weighted by Gasteiger charge is 2.20. The summed E-state index contributed by atoms with van der Waals surface area (Å²) in [6.45, 7) is -0.177. The molecule has 0 aliphatic carbocycles. The third-order valence-corrected chi connectivity index (χ3v) is 2.45. The van der Waals surface area contributed by atoms with E-state index >= 15 is 0 Å². The molecular formula is C6H9NO3S. The molecule has 0 bridgehead atoms. The number of nitrogens with zero attached hydrogens (tertiary/aromatic N) is 1. The second-order valence-electron chi connectivity index (χ2n) is 2.26. The molecule has 1 heterocycles. The smallest absolute Gasteiger partial charge is 0.324 e. The summed E-state index contributed by atoms with van der Waals surface area (Å²) in [7, 11) is 0. The zero-order valence-electron chi connectivity index (χ0n) is 5.95. The Bertz CT molecular complexity index is 183. The number of aliphatic carboxylic acids is 1. The number of carbonyl (C=O) groups is 2. The van der Waals surface area contributed by atoms with Crippen LogP contribution in [0.25, 0.3) is 0 Å². The van der Waals surface area contributed by atoms with Gasteiger partial charge in [-0.3, -0.25) is 13.9 Å². The first-order valence-corrected chi connectivity index (χ1v) is 4.29. The first kappa shape index (κ1) is 8.39. The second-order valence-corrected chi connectivity index (χ2v) is 3.37. The Morgan fingerprint density at radius 2 is 2.45 bits per heavy atom. The molecule has 0 spiro atoms. The van der Waals surface area contributed by atoms with Crippen LogP contribution in [-0.4, -0.2) is 33.6 Å². The summed E-state index contributed by atoms with van der Waals surface area (Å²) < 4.78 is 1.31. The van der Waals surface area contributed by atoms with Crippen LogP contribution in [0, 0.1) is 0 Å². The maximum atomic E-state index is 11.0. The molecule has 0 aromatic heterocycles. The molecule has 4 nitrogen and oxygen atoms in total. The number of amides is 1. The standard InChI is InChI=1S/C6H9NO3S/c8-5-2-1-3-11-7(5)4-6(9)10/h1-4H2,(H,9,10). The van der Waals surface area contributed by atoms with Crippen molar-refractivity contribution >= 4 is 23.8 Å². The summed E-state index contributed by atoms with van der Waals surface area (Å²) in [5.74, 6) is -0.171. The van der Waals surface area contributed by atoms with E-state index in [0.717, 1.165) is 12.2 Å². The lowest BCUT2D eigenvalue weighted by molar-refractivity contribution is -0.141. The van der Waals surface area contributed by atoms with Crippen LogP contribution in [0.1, 0.15) is 12.8 Å². The van der Waals surface area contributed by atoms with E-state index in [1.165, 1.54) is 16.3 Å². The van der Waals surface area contributed by atoms with Gasteiger partial charge in [-0.2, -0.15) is 0 Å². The van der Waals surface area contributed by atoms with Crippen molar-refractivity contribution < 1.29 is 14.7 Å². The Kier molecular flexibility index (Phi) is 2.76. The van der Waals surface area contributed by atoms with Crippen LogP contribution in [0.15, 0.2) is 0 Å². The van der Waals surface area contributed by atoms with Crippen molar-refractivity contribution in [3.8, 4) is 0 Å². The SMILES string of the molecule is O=C(O)CN1SCCCC1=O. The fourth-order valence-corrected chi connectivity index (χ4v) is 1.78. The van der Waals surface area contributed by atoms with Gasteiger partial charge in [0.1, 0.15) is 6.54 Å². The molecule has 5 heteroatoms. The molecular weight excluding hydrogens is 166 g/mol. The van der Waals surface area contributed by atoms with Crippen molar-refractivity contribution in [1.82, 2.24) is 4.31 Å². The van der Waals surface area contributed by atoms with E-state index in [4.69, 9.17) is 5.11 Å². The van der Waals surface area contributed by atoms with Crippen molar-refractivity contribution in [1.29, 1.82) is 0 Å². The van der Waals surface area contributed by atoms with Gasteiger partial charge in [0.2, 0.25) is 5.91 Å². The van der Waals surface area contributed by atoms with E-state index in [1.54, 1.807) is 0 Å². The fourth-order valence-electron chi connectivity index (χ4n) is 0.852. The molecule has 1 aliphatic rings. The number of hydrogen-bond donors (Lipinski definition) is 1. The maximum Gasteiger partial charge on any atom is 0.324 e. The van der Waals surface area contributed by atoms with Gasteiger partial charge in [0, 0.05) is 12.2 Å². The monoisotopic (exact) mass is 175 g/mol. The molecule has 1 amide bonds. The Labute approximate surface area is 68.7 Å². The van der Waals surface area contributed by atoms with Crippen LogP contribution in [0.4, 0.5) is 0 Å². The van der Waals surface area contributed by atoms with Crippen LogP contribution in [0.2, 0.25) is 0 Å². The fraction of sp³-hybridized carbons (Fsp3) is 0.667. The molecule has 0 atom stereocenters. The van der Waals surface area contributed by atoms with Crippen molar-refractivity contribution in [2.75, 3.05) is 12.3 Å². The zero-order chi connectivity index (χ0) is 8.27. The molecule has 0 unspecified atom stereocenters. The summed E-state index contributed by atoms with van der Waals surface area (Å²) in [4.78, 5) is 21.2. The van der Waals surface area contributed by atoms with Gasteiger partial charge in [0.15, 0.2) is 0 Å². The van der Waals surface area contributed by atoms with E-state index in [-0.39, 0.29) is 12.5 Å². The van der Waals surface area contributed by atoms with Gasteiger partial charge in [-0.25, -0.2) is 0 Å². The number of hydrogen-bond acceptors (Lipinski definition) is 3. The molecule has 1 aliphatic heterocycles. The minimum atomic E-state index is -0.951. The van der Waals surface area contributed by atoms with Gasteiger partial charge in [-0.1, -0.05) is 0 Å². The van der Waals surface area contributed by atoms with Crippen LogP contribution >= 0.6 is 11.9 Å². The highest BCUT2D eigenvalue weighted by Crippen LogP contribution is 2.19. The largest absolute Gasteiger partial charge is 0.480 e. The summed E-state index contributed by atoms with van der Waals surface area (Å²) in [5.41, 5.74) is 0. The van der Waals surface area contributed by atoms with Crippen LogP contribution < -0.4 is 0 Å². The van der Waals surface area contributed by atoms with Crippen LogP contribution in [0.3, 0.4) is 0 Å². The average molecular weight is 175 g/mol. The summed E-state index contributed by atoms with van der Waals surface area (Å²) in [6, 6.07) is 0. The van der Waals surface area contributed by atoms with Crippen molar-refractivity contribution in [3.63, 3.8) is 0 Å². The lowest BCUT2D eigenvalue weighted by Gasteiger charge is -2.22. The van der Waals surface area contributed by atoms with Gasteiger partial charge in [0.25, 0.3) is 0 Å². The molecule has 0 aromatic rings. The zero-order valence-corrected chi connectivity index (χ0v) is 6.76. The molecule has 0 aromatic carbocycles. The van der Waals surface area contributed by atoms with Gasteiger partial charge in [-0.15, -0.1) is 0 Å².